The smallest absolute Gasteiger partial charge is 0.109 e. The fraction of sp³-hybridized carbons (Fsp3) is 0.529. The third-order valence-corrected chi connectivity index (χ3v) is 3.78. The van der Waals surface area contributed by atoms with Gasteiger partial charge in [-0.25, -0.2) is 4.98 Å². The minimum atomic E-state index is 0.688. The average Bonchev–Trinajstić information content (AvgIpc) is 2.83. The summed E-state index contributed by atoms with van der Waals surface area (Å²) in [6.07, 6.45) is 7.45. The summed E-state index contributed by atoms with van der Waals surface area (Å²) in [5.74, 6) is 1.16. The number of unbranched alkanes of at least 4 members (excludes halogenated alkanes) is 4. The monoisotopic (exact) mass is 269 g/mol. The van der Waals surface area contributed by atoms with Crippen molar-refractivity contribution in [3.63, 3.8) is 0 Å². The van der Waals surface area contributed by atoms with E-state index in [1.165, 1.54) is 32.1 Å². The molecule has 3 nitrogen and oxygen atoms in total. The molecular weight excluding hydrogens is 246 g/mol. The fourth-order valence-electron chi connectivity index (χ4n) is 2.68. The third kappa shape index (κ3) is 3.19. The lowest BCUT2D eigenvalue weighted by Gasteiger charge is -2.05. The molecule has 0 N–H and O–H groups in total. The minimum Gasteiger partial charge on any atom is -0.328 e. The maximum absolute atomic E-state index is 8.97. The molecule has 1 aromatic carbocycles. The van der Waals surface area contributed by atoms with E-state index in [2.05, 4.69) is 24.5 Å². The average molecular weight is 269 g/mol. The largest absolute Gasteiger partial charge is 0.328 e. The van der Waals surface area contributed by atoms with Gasteiger partial charge in [0.25, 0.3) is 0 Å². The van der Waals surface area contributed by atoms with E-state index in [-0.39, 0.29) is 0 Å². The second-order valence-corrected chi connectivity index (χ2v) is 5.25. The van der Waals surface area contributed by atoms with E-state index in [0.29, 0.717) is 5.56 Å². The molecule has 1 aromatic heterocycles. The molecule has 106 valence electrons. The Bertz CT molecular complexity index is 604. The van der Waals surface area contributed by atoms with Crippen molar-refractivity contribution in [3.8, 4) is 6.07 Å². The van der Waals surface area contributed by atoms with Gasteiger partial charge in [0.2, 0.25) is 0 Å². The Morgan fingerprint density at radius 3 is 2.65 bits per heavy atom. The lowest BCUT2D eigenvalue weighted by molar-refractivity contribution is 0.606. The number of hydrogen-bond acceptors (Lipinski definition) is 2. The topological polar surface area (TPSA) is 41.6 Å². The van der Waals surface area contributed by atoms with Crippen LogP contribution in [0.5, 0.6) is 0 Å². The van der Waals surface area contributed by atoms with Gasteiger partial charge in [0.05, 0.1) is 22.7 Å². The Balaban J connectivity index is 2.14. The summed E-state index contributed by atoms with van der Waals surface area (Å²) in [5, 5.41) is 8.97. The quantitative estimate of drug-likeness (QED) is 0.697. The predicted molar refractivity (Wildman–Crippen MR) is 82.6 cm³/mol. The first-order chi connectivity index (χ1) is 9.80. The van der Waals surface area contributed by atoms with E-state index in [1.54, 1.807) is 0 Å². The lowest BCUT2D eigenvalue weighted by atomic mass is 10.1. The van der Waals surface area contributed by atoms with Crippen LogP contribution in [0.2, 0.25) is 0 Å². The van der Waals surface area contributed by atoms with Gasteiger partial charge in [-0.1, -0.05) is 32.6 Å². The highest BCUT2D eigenvalue weighted by molar-refractivity contribution is 5.77. The van der Waals surface area contributed by atoms with Gasteiger partial charge in [0, 0.05) is 13.0 Å². The first kappa shape index (κ1) is 14.6. The Morgan fingerprint density at radius 1 is 1.15 bits per heavy atom. The van der Waals surface area contributed by atoms with Crippen molar-refractivity contribution >= 4 is 11.0 Å². The molecule has 1 heterocycles. The van der Waals surface area contributed by atoms with Crippen molar-refractivity contribution in [2.45, 2.75) is 58.9 Å². The molecule has 0 aliphatic heterocycles. The van der Waals surface area contributed by atoms with E-state index >= 15 is 0 Å². The van der Waals surface area contributed by atoms with E-state index in [0.717, 1.165) is 29.8 Å². The number of aryl methyl sites for hydroxylation is 2. The zero-order chi connectivity index (χ0) is 14.4. The standard InChI is InChI=1S/C17H23N3/c1-3-5-6-7-8-9-17-19-15-12-14(13-18)10-11-16(15)20(17)4-2/h10-12H,3-9H2,1-2H3. The third-order valence-electron chi connectivity index (χ3n) is 3.78. The second kappa shape index (κ2) is 7.09. The van der Waals surface area contributed by atoms with Crippen molar-refractivity contribution < 1.29 is 0 Å². The van der Waals surface area contributed by atoms with Gasteiger partial charge in [-0.3, -0.25) is 0 Å². The molecule has 0 saturated heterocycles. The number of benzene rings is 1. The van der Waals surface area contributed by atoms with Crippen LogP contribution < -0.4 is 0 Å². The molecule has 0 saturated carbocycles. The van der Waals surface area contributed by atoms with Crippen LogP contribution >= 0.6 is 0 Å². The number of nitriles is 1. The van der Waals surface area contributed by atoms with Crippen LogP contribution in [0.25, 0.3) is 11.0 Å². The van der Waals surface area contributed by atoms with Crippen LogP contribution in [-0.4, -0.2) is 9.55 Å². The zero-order valence-corrected chi connectivity index (χ0v) is 12.5. The van der Waals surface area contributed by atoms with Crippen LogP contribution in [0, 0.1) is 11.3 Å². The summed E-state index contributed by atoms with van der Waals surface area (Å²) < 4.78 is 2.27. The molecule has 0 fully saturated rings. The Hall–Kier alpha value is -1.82. The van der Waals surface area contributed by atoms with E-state index in [1.807, 2.05) is 18.2 Å². The molecule has 0 aliphatic carbocycles. The highest BCUT2D eigenvalue weighted by atomic mass is 15.1. The van der Waals surface area contributed by atoms with Gasteiger partial charge in [-0.2, -0.15) is 5.26 Å². The summed E-state index contributed by atoms with van der Waals surface area (Å²) in [5.41, 5.74) is 2.79. The van der Waals surface area contributed by atoms with E-state index in [4.69, 9.17) is 10.2 Å². The van der Waals surface area contributed by atoms with Crippen LogP contribution in [0.4, 0.5) is 0 Å². The molecule has 2 aromatic rings. The first-order valence-corrected chi connectivity index (χ1v) is 7.69. The minimum absolute atomic E-state index is 0.688. The van der Waals surface area contributed by atoms with Gasteiger partial charge in [-0.15, -0.1) is 0 Å². The van der Waals surface area contributed by atoms with E-state index < -0.39 is 0 Å². The molecule has 0 atom stereocenters. The molecule has 3 heteroatoms. The van der Waals surface area contributed by atoms with Crippen molar-refractivity contribution in [3.05, 3.63) is 29.6 Å². The molecular formula is C17H23N3. The van der Waals surface area contributed by atoms with Crippen molar-refractivity contribution in [1.82, 2.24) is 9.55 Å². The van der Waals surface area contributed by atoms with Gasteiger partial charge < -0.3 is 4.57 Å². The van der Waals surface area contributed by atoms with Crippen molar-refractivity contribution in [1.29, 1.82) is 5.26 Å². The molecule has 0 spiro atoms. The number of aromatic nitrogens is 2. The fourth-order valence-corrected chi connectivity index (χ4v) is 2.68. The van der Waals surface area contributed by atoms with Crippen molar-refractivity contribution in [2.24, 2.45) is 0 Å². The maximum Gasteiger partial charge on any atom is 0.109 e. The van der Waals surface area contributed by atoms with Crippen molar-refractivity contribution in [2.75, 3.05) is 0 Å². The molecule has 0 aliphatic rings. The second-order valence-electron chi connectivity index (χ2n) is 5.25. The molecule has 2 rings (SSSR count). The lowest BCUT2D eigenvalue weighted by Crippen LogP contribution is -2.01. The predicted octanol–water partition coefficient (Wildman–Crippen LogP) is 4.44. The summed E-state index contributed by atoms with van der Waals surface area (Å²) in [6.45, 7) is 5.33. The maximum atomic E-state index is 8.97. The Kier molecular flexibility index (Phi) is 5.17. The number of rotatable bonds is 7. The normalized spacial score (nSPS) is 10.8. The van der Waals surface area contributed by atoms with Crippen LogP contribution in [0.1, 0.15) is 57.3 Å². The SMILES string of the molecule is CCCCCCCc1nc2cc(C#N)ccc2n1CC. The summed E-state index contributed by atoms with van der Waals surface area (Å²) in [7, 11) is 0. The van der Waals surface area contributed by atoms with Gasteiger partial charge >= 0.3 is 0 Å². The highest BCUT2D eigenvalue weighted by Gasteiger charge is 2.09. The number of nitrogens with zero attached hydrogens (tertiary/aromatic N) is 3. The van der Waals surface area contributed by atoms with Crippen LogP contribution in [-0.2, 0) is 13.0 Å². The zero-order valence-electron chi connectivity index (χ0n) is 12.5. The Morgan fingerprint density at radius 2 is 1.95 bits per heavy atom. The highest BCUT2D eigenvalue weighted by Crippen LogP contribution is 2.19. The Labute approximate surface area is 121 Å². The molecule has 0 amide bonds. The molecule has 0 unspecified atom stereocenters. The molecule has 0 bridgehead atoms. The summed E-state index contributed by atoms with van der Waals surface area (Å²) in [4.78, 5) is 4.72. The molecule has 0 radical (unpaired) electrons. The first-order valence-electron chi connectivity index (χ1n) is 7.69. The van der Waals surface area contributed by atoms with Gasteiger partial charge in [0.1, 0.15) is 5.82 Å². The number of fused-ring (bicyclic) bond motifs is 1. The van der Waals surface area contributed by atoms with E-state index in [9.17, 15) is 0 Å². The molecule has 20 heavy (non-hydrogen) atoms. The van der Waals surface area contributed by atoms with Gasteiger partial charge in [0.15, 0.2) is 0 Å². The van der Waals surface area contributed by atoms with Crippen LogP contribution in [0.15, 0.2) is 18.2 Å². The summed E-state index contributed by atoms with van der Waals surface area (Å²) in [6, 6.07) is 7.97. The van der Waals surface area contributed by atoms with Gasteiger partial charge in [-0.05, 0) is 31.5 Å². The number of hydrogen-bond donors (Lipinski definition) is 0. The number of imidazole rings is 1. The van der Waals surface area contributed by atoms with Crippen LogP contribution in [0.3, 0.4) is 0 Å². The summed E-state index contributed by atoms with van der Waals surface area (Å²) >= 11 is 0.